The SMILES string of the molecule is COc1cccc(/C=C(\NC(=O)c2ccccc2)C(=O)Nc2ccc(SC(C(=O)Nc3nc(-c4cccs4)cs3)c3ccccc3)cc2)c1. The minimum Gasteiger partial charge on any atom is -0.497 e. The Morgan fingerprint density at radius 1 is 0.816 bits per heavy atom. The molecule has 0 aliphatic rings. The molecule has 2 heterocycles. The zero-order valence-corrected chi connectivity index (χ0v) is 28.6. The summed E-state index contributed by atoms with van der Waals surface area (Å²) in [7, 11) is 1.56. The van der Waals surface area contributed by atoms with Crippen LogP contribution in [0.25, 0.3) is 16.6 Å². The second-order valence-corrected chi connectivity index (χ2v) is 13.5. The number of hydrogen-bond donors (Lipinski definition) is 3. The molecule has 1 atom stereocenters. The van der Waals surface area contributed by atoms with E-state index in [4.69, 9.17) is 4.74 Å². The topological polar surface area (TPSA) is 109 Å². The van der Waals surface area contributed by atoms with Crippen molar-refractivity contribution in [2.45, 2.75) is 10.1 Å². The highest BCUT2D eigenvalue weighted by atomic mass is 32.2. The van der Waals surface area contributed by atoms with Crippen LogP contribution in [0.2, 0.25) is 0 Å². The zero-order chi connectivity index (χ0) is 34.0. The molecule has 49 heavy (non-hydrogen) atoms. The van der Waals surface area contributed by atoms with E-state index in [1.165, 1.54) is 23.1 Å². The van der Waals surface area contributed by atoms with E-state index in [1.54, 1.807) is 79.1 Å². The Bertz CT molecular complexity index is 2060. The molecular weight excluding hydrogens is 673 g/mol. The minimum absolute atomic E-state index is 0.0609. The molecule has 6 aromatic rings. The average molecular weight is 703 g/mol. The summed E-state index contributed by atoms with van der Waals surface area (Å²) in [5.74, 6) is -0.489. The molecule has 2 aromatic heterocycles. The molecule has 8 nitrogen and oxygen atoms in total. The van der Waals surface area contributed by atoms with E-state index in [9.17, 15) is 14.4 Å². The second-order valence-electron chi connectivity index (χ2n) is 10.5. The van der Waals surface area contributed by atoms with Crippen molar-refractivity contribution in [3.05, 3.63) is 154 Å². The average Bonchev–Trinajstić information content (AvgIpc) is 3.85. The van der Waals surface area contributed by atoms with Gasteiger partial charge in [-0.25, -0.2) is 4.98 Å². The van der Waals surface area contributed by atoms with Gasteiger partial charge >= 0.3 is 0 Å². The molecule has 0 aliphatic heterocycles. The van der Waals surface area contributed by atoms with E-state index in [2.05, 4.69) is 20.9 Å². The molecule has 3 N–H and O–H groups in total. The van der Waals surface area contributed by atoms with E-state index in [0.29, 0.717) is 27.7 Å². The van der Waals surface area contributed by atoms with Gasteiger partial charge in [0.1, 0.15) is 16.7 Å². The van der Waals surface area contributed by atoms with E-state index in [1.807, 2.05) is 77.5 Å². The fraction of sp³-hybridized carbons (Fsp3) is 0.0526. The van der Waals surface area contributed by atoms with Crippen LogP contribution in [0, 0.1) is 0 Å². The van der Waals surface area contributed by atoms with Crippen molar-refractivity contribution in [1.29, 1.82) is 0 Å². The third-order valence-electron chi connectivity index (χ3n) is 7.15. The number of rotatable bonds is 12. The number of carbonyl (C=O) groups excluding carboxylic acids is 3. The number of ether oxygens (including phenoxy) is 1. The van der Waals surface area contributed by atoms with Gasteiger partial charge in [0.05, 0.1) is 17.7 Å². The molecule has 0 saturated carbocycles. The van der Waals surface area contributed by atoms with Crippen LogP contribution in [0.3, 0.4) is 0 Å². The molecule has 3 amide bonds. The van der Waals surface area contributed by atoms with Gasteiger partial charge in [-0.05, 0) is 77.2 Å². The van der Waals surface area contributed by atoms with Gasteiger partial charge in [0, 0.05) is 21.5 Å². The van der Waals surface area contributed by atoms with Crippen LogP contribution in [0.15, 0.2) is 143 Å². The second kappa shape index (κ2) is 16.1. The Hall–Kier alpha value is -5.49. The van der Waals surface area contributed by atoms with Crippen LogP contribution in [0.1, 0.15) is 26.7 Å². The molecule has 11 heteroatoms. The number of aromatic nitrogens is 1. The van der Waals surface area contributed by atoms with Crippen LogP contribution in [-0.2, 0) is 9.59 Å². The number of nitrogens with one attached hydrogen (secondary N) is 3. The predicted octanol–water partition coefficient (Wildman–Crippen LogP) is 8.76. The first kappa shape index (κ1) is 33.4. The third kappa shape index (κ3) is 8.90. The van der Waals surface area contributed by atoms with Crippen molar-refractivity contribution in [2.24, 2.45) is 0 Å². The van der Waals surface area contributed by atoms with Crippen molar-refractivity contribution < 1.29 is 19.1 Å². The number of amides is 3. The number of thiophene rings is 1. The van der Waals surface area contributed by atoms with E-state index < -0.39 is 17.1 Å². The van der Waals surface area contributed by atoms with Crippen LogP contribution in [-0.4, -0.2) is 29.8 Å². The molecule has 0 aliphatic carbocycles. The summed E-state index contributed by atoms with van der Waals surface area (Å²) < 4.78 is 5.32. The number of carbonyl (C=O) groups is 3. The monoisotopic (exact) mass is 702 g/mol. The van der Waals surface area contributed by atoms with Gasteiger partial charge in [-0.1, -0.05) is 66.7 Å². The summed E-state index contributed by atoms with van der Waals surface area (Å²) in [6, 6.07) is 36.6. The van der Waals surface area contributed by atoms with Crippen LogP contribution in [0.4, 0.5) is 10.8 Å². The minimum atomic E-state index is -0.554. The lowest BCUT2D eigenvalue weighted by molar-refractivity contribution is -0.116. The Morgan fingerprint density at radius 3 is 2.29 bits per heavy atom. The van der Waals surface area contributed by atoms with E-state index >= 15 is 0 Å². The summed E-state index contributed by atoms with van der Waals surface area (Å²) in [6.45, 7) is 0. The maximum atomic E-state index is 13.6. The fourth-order valence-corrected chi connectivity index (χ4v) is 7.23. The zero-order valence-electron chi connectivity index (χ0n) is 26.2. The van der Waals surface area contributed by atoms with Gasteiger partial charge in [0.15, 0.2) is 5.13 Å². The van der Waals surface area contributed by atoms with Gasteiger partial charge < -0.3 is 20.7 Å². The first-order valence-corrected chi connectivity index (χ1v) is 17.7. The third-order valence-corrected chi connectivity index (χ3v) is 10.1. The predicted molar refractivity (Wildman–Crippen MR) is 199 cm³/mol. The van der Waals surface area contributed by atoms with Gasteiger partial charge in [0.25, 0.3) is 11.8 Å². The molecule has 244 valence electrons. The number of benzene rings is 4. The van der Waals surface area contributed by atoms with Gasteiger partial charge in [-0.15, -0.1) is 34.4 Å². The molecule has 1 unspecified atom stereocenters. The first-order chi connectivity index (χ1) is 23.9. The van der Waals surface area contributed by atoms with Crippen LogP contribution in [0.5, 0.6) is 5.75 Å². The van der Waals surface area contributed by atoms with Gasteiger partial charge in [-0.2, -0.15) is 0 Å². The first-order valence-electron chi connectivity index (χ1n) is 15.1. The van der Waals surface area contributed by atoms with Crippen molar-refractivity contribution in [3.8, 4) is 16.3 Å². The Labute approximate surface area is 295 Å². The highest BCUT2D eigenvalue weighted by Gasteiger charge is 2.24. The number of thioether (sulfide) groups is 1. The summed E-state index contributed by atoms with van der Waals surface area (Å²) in [4.78, 5) is 46.6. The lowest BCUT2D eigenvalue weighted by atomic mass is 10.1. The number of methoxy groups -OCH3 is 1. The highest BCUT2D eigenvalue weighted by Crippen LogP contribution is 2.37. The van der Waals surface area contributed by atoms with Crippen molar-refractivity contribution in [2.75, 3.05) is 17.7 Å². The molecular formula is C38H30N4O4S3. The normalized spacial score (nSPS) is 11.7. The summed E-state index contributed by atoms with van der Waals surface area (Å²) in [5.41, 5.74) is 3.35. The standard InChI is InChI=1S/C38H30N4O4S3/c1-46-29-15-8-10-25(22-29)23-31(40-35(43)27-13-6-3-7-14-27)36(44)39-28-17-19-30(20-18-28)49-34(26-11-4-2-5-12-26)37(45)42-38-41-32(24-48-38)33-16-9-21-47-33/h2-24,34H,1H3,(H,39,44)(H,40,43)(H,41,42,45)/b31-23-. The Morgan fingerprint density at radius 2 is 1.57 bits per heavy atom. The summed E-state index contributed by atoms with van der Waals surface area (Å²) >= 11 is 4.38. The molecule has 0 spiro atoms. The Kier molecular flexibility index (Phi) is 11.0. The fourth-order valence-electron chi connectivity index (χ4n) is 4.73. The number of hydrogen-bond acceptors (Lipinski definition) is 8. The quantitative estimate of drug-likeness (QED) is 0.0869. The van der Waals surface area contributed by atoms with Gasteiger partial charge in [0.2, 0.25) is 5.91 Å². The molecule has 0 saturated heterocycles. The number of thiazole rings is 1. The summed E-state index contributed by atoms with van der Waals surface area (Å²) in [5, 5.41) is 12.5. The van der Waals surface area contributed by atoms with E-state index in [0.717, 1.165) is 21.0 Å². The maximum absolute atomic E-state index is 13.6. The molecule has 0 fully saturated rings. The number of anilines is 2. The largest absolute Gasteiger partial charge is 0.497 e. The van der Waals surface area contributed by atoms with Crippen molar-refractivity contribution in [1.82, 2.24) is 10.3 Å². The Balaban J connectivity index is 1.17. The molecule has 0 radical (unpaired) electrons. The van der Waals surface area contributed by atoms with Crippen LogP contribution >= 0.6 is 34.4 Å². The summed E-state index contributed by atoms with van der Waals surface area (Å²) in [6.07, 6.45) is 1.60. The molecule has 6 rings (SSSR count). The lowest BCUT2D eigenvalue weighted by Crippen LogP contribution is -2.30. The van der Waals surface area contributed by atoms with Gasteiger partial charge in [-0.3, -0.25) is 14.4 Å². The molecule has 4 aromatic carbocycles. The molecule has 0 bridgehead atoms. The maximum Gasteiger partial charge on any atom is 0.272 e. The number of nitrogens with zero attached hydrogens (tertiary/aromatic N) is 1. The smallest absolute Gasteiger partial charge is 0.272 e. The van der Waals surface area contributed by atoms with Crippen molar-refractivity contribution >= 4 is 69.1 Å². The van der Waals surface area contributed by atoms with Crippen molar-refractivity contribution in [3.63, 3.8) is 0 Å². The lowest BCUT2D eigenvalue weighted by Gasteiger charge is -2.17. The highest BCUT2D eigenvalue weighted by molar-refractivity contribution is 8.00. The van der Waals surface area contributed by atoms with E-state index in [-0.39, 0.29) is 11.6 Å². The van der Waals surface area contributed by atoms with Crippen LogP contribution < -0.4 is 20.7 Å².